The lowest BCUT2D eigenvalue weighted by molar-refractivity contribution is -0.167. The standard InChI is InChI=1S/C45H76O6/c1-4-7-10-13-15-17-19-21-22-24-25-27-29-32-35-38-44(47)50-41-42(40-49-43(46)37-34-31-12-9-6-3)51-45(48)39-36-33-30-28-26-23-20-18-16-14-11-8-5-2/h8,11,15-18,21-23,26,42H,4-7,9-10,12-14,19-20,24-25,27-41H2,1-3H3/b11-8-,17-15-,18-16-,22-21-,26-23-. The Labute approximate surface area is 313 Å². The van der Waals surface area contributed by atoms with E-state index in [0.29, 0.717) is 19.3 Å². The molecule has 0 N–H and O–H groups in total. The molecule has 0 aliphatic heterocycles. The van der Waals surface area contributed by atoms with Gasteiger partial charge in [0.1, 0.15) is 13.2 Å². The average molecular weight is 713 g/mol. The van der Waals surface area contributed by atoms with Crippen molar-refractivity contribution in [1.82, 2.24) is 0 Å². The highest BCUT2D eigenvalue weighted by Crippen LogP contribution is 2.12. The maximum absolute atomic E-state index is 12.6. The van der Waals surface area contributed by atoms with Gasteiger partial charge >= 0.3 is 17.9 Å². The van der Waals surface area contributed by atoms with Gasteiger partial charge in [-0.3, -0.25) is 14.4 Å². The summed E-state index contributed by atoms with van der Waals surface area (Å²) in [6, 6.07) is 0. The van der Waals surface area contributed by atoms with Gasteiger partial charge in [0.15, 0.2) is 6.10 Å². The van der Waals surface area contributed by atoms with Crippen molar-refractivity contribution in [2.75, 3.05) is 13.2 Å². The smallest absolute Gasteiger partial charge is 0.306 e. The highest BCUT2D eigenvalue weighted by atomic mass is 16.6. The lowest BCUT2D eigenvalue weighted by atomic mass is 10.1. The molecule has 6 heteroatoms. The van der Waals surface area contributed by atoms with Crippen LogP contribution < -0.4 is 0 Å². The summed E-state index contributed by atoms with van der Waals surface area (Å²) in [4.78, 5) is 37.3. The molecule has 0 aromatic carbocycles. The van der Waals surface area contributed by atoms with Crippen molar-refractivity contribution in [2.24, 2.45) is 0 Å². The number of hydrogen-bond acceptors (Lipinski definition) is 6. The largest absolute Gasteiger partial charge is 0.462 e. The van der Waals surface area contributed by atoms with Crippen LogP contribution in [0.3, 0.4) is 0 Å². The average Bonchev–Trinajstić information content (AvgIpc) is 3.12. The Bertz CT molecular complexity index is 960. The Morgan fingerprint density at radius 1 is 0.412 bits per heavy atom. The van der Waals surface area contributed by atoms with Gasteiger partial charge in [-0.1, -0.05) is 146 Å². The fraction of sp³-hybridized carbons (Fsp3) is 0.711. The van der Waals surface area contributed by atoms with Gasteiger partial charge in [-0.15, -0.1) is 0 Å². The van der Waals surface area contributed by atoms with Crippen LogP contribution in [0, 0.1) is 0 Å². The third-order valence-electron chi connectivity index (χ3n) is 8.51. The second-order valence-electron chi connectivity index (χ2n) is 13.5. The summed E-state index contributed by atoms with van der Waals surface area (Å²) < 4.78 is 16.5. The molecule has 0 spiro atoms. The molecule has 0 aliphatic carbocycles. The Kier molecular flexibility index (Phi) is 37.6. The van der Waals surface area contributed by atoms with Gasteiger partial charge in [-0.2, -0.15) is 0 Å². The number of rotatable bonds is 36. The number of esters is 3. The summed E-state index contributed by atoms with van der Waals surface area (Å²) in [6.45, 7) is 6.34. The predicted molar refractivity (Wildman–Crippen MR) is 215 cm³/mol. The van der Waals surface area contributed by atoms with E-state index < -0.39 is 6.10 Å². The number of allylic oxidation sites excluding steroid dienone is 10. The minimum absolute atomic E-state index is 0.0926. The van der Waals surface area contributed by atoms with E-state index >= 15 is 0 Å². The SMILES string of the molecule is CC/C=C\C/C=C\C/C=C\CCCCCC(=O)OC(COC(=O)CCCCCCC)COC(=O)CCCCCCC/C=C\C/C=C\CCCCC. The number of hydrogen-bond donors (Lipinski definition) is 0. The van der Waals surface area contributed by atoms with Crippen molar-refractivity contribution < 1.29 is 28.6 Å². The second-order valence-corrected chi connectivity index (χ2v) is 13.5. The van der Waals surface area contributed by atoms with E-state index in [4.69, 9.17) is 14.2 Å². The van der Waals surface area contributed by atoms with E-state index in [2.05, 4.69) is 81.5 Å². The van der Waals surface area contributed by atoms with Gasteiger partial charge in [-0.05, 0) is 83.5 Å². The number of unbranched alkanes of at least 4 members (excludes halogenated alkanes) is 15. The van der Waals surface area contributed by atoms with Crippen LogP contribution in [-0.2, 0) is 28.6 Å². The highest BCUT2D eigenvalue weighted by Gasteiger charge is 2.19. The minimum Gasteiger partial charge on any atom is -0.462 e. The summed E-state index contributed by atoms with van der Waals surface area (Å²) in [5.74, 6) is -0.958. The van der Waals surface area contributed by atoms with Gasteiger partial charge < -0.3 is 14.2 Å². The molecular formula is C45H76O6. The Hall–Kier alpha value is -2.89. The molecule has 0 amide bonds. The number of ether oxygens (including phenoxy) is 3. The first kappa shape index (κ1) is 48.1. The van der Waals surface area contributed by atoms with E-state index in [9.17, 15) is 14.4 Å². The molecule has 0 rings (SSSR count). The van der Waals surface area contributed by atoms with Crippen LogP contribution in [0.5, 0.6) is 0 Å². The molecule has 0 heterocycles. The van der Waals surface area contributed by atoms with Gasteiger partial charge in [-0.25, -0.2) is 0 Å². The first-order valence-electron chi connectivity index (χ1n) is 20.8. The minimum atomic E-state index is -0.788. The molecule has 0 aromatic rings. The first-order valence-corrected chi connectivity index (χ1v) is 20.8. The topological polar surface area (TPSA) is 78.9 Å². The third-order valence-corrected chi connectivity index (χ3v) is 8.51. The molecule has 0 saturated carbocycles. The van der Waals surface area contributed by atoms with E-state index in [0.717, 1.165) is 116 Å². The van der Waals surface area contributed by atoms with Crippen molar-refractivity contribution in [1.29, 1.82) is 0 Å². The molecule has 1 atom stereocenters. The van der Waals surface area contributed by atoms with Gasteiger partial charge in [0.05, 0.1) is 0 Å². The molecule has 0 bridgehead atoms. The van der Waals surface area contributed by atoms with Gasteiger partial charge in [0.2, 0.25) is 0 Å². The van der Waals surface area contributed by atoms with E-state index in [-0.39, 0.29) is 31.1 Å². The molecule has 6 nitrogen and oxygen atoms in total. The van der Waals surface area contributed by atoms with Crippen molar-refractivity contribution >= 4 is 17.9 Å². The number of carbonyl (C=O) groups excluding carboxylic acids is 3. The van der Waals surface area contributed by atoms with Crippen LogP contribution in [0.15, 0.2) is 60.8 Å². The Morgan fingerprint density at radius 3 is 1.25 bits per heavy atom. The molecule has 0 fully saturated rings. The lowest BCUT2D eigenvalue weighted by Crippen LogP contribution is -2.30. The Morgan fingerprint density at radius 2 is 0.765 bits per heavy atom. The molecule has 1 unspecified atom stereocenters. The second kappa shape index (κ2) is 39.9. The van der Waals surface area contributed by atoms with Gasteiger partial charge in [0.25, 0.3) is 0 Å². The van der Waals surface area contributed by atoms with Crippen molar-refractivity contribution in [3.05, 3.63) is 60.8 Å². The van der Waals surface area contributed by atoms with Gasteiger partial charge in [0, 0.05) is 19.3 Å². The molecular weight excluding hydrogens is 636 g/mol. The fourth-order valence-electron chi connectivity index (χ4n) is 5.37. The first-order chi connectivity index (χ1) is 25.0. The maximum Gasteiger partial charge on any atom is 0.306 e. The fourth-order valence-corrected chi connectivity index (χ4v) is 5.37. The van der Waals surface area contributed by atoms with Crippen LogP contribution >= 0.6 is 0 Å². The molecule has 0 aromatic heterocycles. The lowest BCUT2D eigenvalue weighted by Gasteiger charge is -2.18. The van der Waals surface area contributed by atoms with E-state index in [1.165, 1.54) is 32.1 Å². The summed E-state index contributed by atoms with van der Waals surface area (Å²) in [7, 11) is 0. The molecule has 0 radical (unpaired) electrons. The normalized spacial score (nSPS) is 12.6. The molecule has 292 valence electrons. The summed E-state index contributed by atoms with van der Waals surface area (Å²) in [5, 5.41) is 0. The quantitative estimate of drug-likeness (QED) is 0.0278. The molecule has 51 heavy (non-hydrogen) atoms. The van der Waals surface area contributed by atoms with Crippen molar-refractivity contribution in [3.63, 3.8) is 0 Å². The van der Waals surface area contributed by atoms with Crippen LogP contribution in [0.1, 0.15) is 188 Å². The van der Waals surface area contributed by atoms with Crippen LogP contribution in [-0.4, -0.2) is 37.2 Å². The Balaban J connectivity index is 4.34. The molecule has 0 aliphatic rings. The van der Waals surface area contributed by atoms with Crippen LogP contribution in [0.25, 0.3) is 0 Å². The zero-order valence-electron chi connectivity index (χ0n) is 33.1. The predicted octanol–water partition coefficient (Wildman–Crippen LogP) is 13.0. The van der Waals surface area contributed by atoms with E-state index in [1.807, 2.05) is 0 Å². The summed E-state index contributed by atoms with van der Waals surface area (Å²) in [6.07, 6.45) is 46.6. The zero-order chi connectivity index (χ0) is 37.3. The van der Waals surface area contributed by atoms with Crippen LogP contribution in [0.2, 0.25) is 0 Å². The maximum atomic E-state index is 12.6. The third kappa shape index (κ3) is 38.2. The van der Waals surface area contributed by atoms with Crippen LogP contribution in [0.4, 0.5) is 0 Å². The molecule has 0 saturated heterocycles. The highest BCUT2D eigenvalue weighted by molar-refractivity contribution is 5.71. The summed E-state index contributed by atoms with van der Waals surface area (Å²) in [5.41, 5.74) is 0. The van der Waals surface area contributed by atoms with E-state index in [1.54, 1.807) is 0 Å². The number of carbonyl (C=O) groups is 3. The zero-order valence-corrected chi connectivity index (χ0v) is 33.1. The summed E-state index contributed by atoms with van der Waals surface area (Å²) >= 11 is 0. The monoisotopic (exact) mass is 713 g/mol. The van der Waals surface area contributed by atoms with Crippen molar-refractivity contribution in [3.8, 4) is 0 Å². The van der Waals surface area contributed by atoms with Crippen molar-refractivity contribution in [2.45, 2.75) is 194 Å².